The van der Waals surface area contributed by atoms with E-state index in [1.165, 1.54) is 0 Å². The Labute approximate surface area is 103 Å². The lowest BCUT2D eigenvalue weighted by atomic mass is 10.2. The van der Waals surface area contributed by atoms with Crippen LogP contribution in [0.15, 0.2) is 30.7 Å². The average molecular weight is 247 g/mol. The molecular formula is C12H11ClN4. The first kappa shape index (κ1) is 10.4. The Morgan fingerprint density at radius 2 is 2.00 bits per heavy atom. The van der Waals surface area contributed by atoms with Crippen LogP contribution in [-0.2, 0) is 7.05 Å². The first-order valence-electron chi connectivity index (χ1n) is 5.28. The third-order valence-corrected chi connectivity index (χ3v) is 2.93. The number of hydrogen-bond donors (Lipinski definition) is 0. The Morgan fingerprint density at radius 1 is 1.18 bits per heavy atom. The number of fused-ring (bicyclic) bond motifs is 1. The van der Waals surface area contributed by atoms with E-state index in [1.807, 2.05) is 49.1 Å². The summed E-state index contributed by atoms with van der Waals surface area (Å²) in [5.74, 6) is 0. The van der Waals surface area contributed by atoms with Gasteiger partial charge in [-0.2, -0.15) is 5.10 Å². The summed E-state index contributed by atoms with van der Waals surface area (Å²) < 4.78 is 3.71. The molecule has 3 aromatic rings. The van der Waals surface area contributed by atoms with Gasteiger partial charge in [0, 0.05) is 31.2 Å². The van der Waals surface area contributed by atoms with Crippen LogP contribution < -0.4 is 0 Å². The third-order valence-electron chi connectivity index (χ3n) is 2.70. The second-order valence-corrected chi connectivity index (χ2v) is 4.48. The van der Waals surface area contributed by atoms with E-state index >= 15 is 0 Å². The highest BCUT2D eigenvalue weighted by Gasteiger charge is 2.10. The summed E-state index contributed by atoms with van der Waals surface area (Å²) in [6.07, 6.45) is 5.78. The van der Waals surface area contributed by atoms with Crippen molar-refractivity contribution in [2.75, 3.05) is 0 Å². The van der Waals surface area contributed by atoms with E-state index in [0.717, 1.165) is 22.6 Å². The monoisotopic (exact) mass is 246 g/mol. The zero-order valence-corrected chi connectivity index (χ0v) is 10.3. The van der Waals surface area contributed by atoms with E-state index < -0.39 is 0 Å². The Balaban J connectivity index is 2.21. The number of aromatic nitrogens is 4. The predicted molar refractivity (Wildman–Crippen MR) is 67.1 cm³/mol. The maximum atomic E-state index is 5.94. The quantitative estimate of drug-likeness (QED) is 0.662. The number of aryl methyl sites for hydroxylation is 2. The highest BCUT2D eigenvalue weighted by atomic mass is 35.5. The van der Waals surface area contributed by atoms with Crippen LogP contribution in [0.4, 0.5) is 0 Å². The molecule has 0 aliphatic rings. The molecule has 86 valence electrons. The molecule has 5 heteroatoms. The number of rotatable bonds is 1. The second-order valence-electron chi connectivity index (χ2n) is 4.04. The zero-order chi connectivity index (χ0) is 12.0. The molecule has 3 rings (SSSR count). The van der Waals surface area contributed by atoms with Crippen molar-refractivity contribution in [3.05, 3.63) is 41.4 Å². The van der Waals surface area contributed by atoms with Crippen LogP contribution in [0.1, 0.15) is 5.69 Å². The molecule has 0 spiro atoms. The van der Waals surface area contributed by atoms with Crippen molar-refractivity contribution in [2.45, 2.75) is 6.92 Å². The standard InChI is InChI=1S/C12H11ClN4/c1-8-10(6-16(2)15-8)11-7-17-5-9(13)3-4-12(17)14-11/h3-7H,1-2H3. The lowest BCUT2D eigenvalue weighted by molar-refractivity contribution is 0.756. The largest absolute Gasteiger partial charge is 0.305 e. The van der Waals surface area contributed by atoms with Gasteiger partial charge >= 0.3 is 0 Å². The fourth-order valence-corrected chi connectivity index (χ4v) is 2.11. The lowest BCUT2D eigenvalue weighted by Crippen LogP contribution is -1.86. The van der Waals surface area contributed by atoms with Crippen molar-refractivity contribution in [1.82, 2.24) is 19.2 Å². The van der Waals surface area contributed by atoms with E-state index in [9.17, 15) is 0 Å². The smallest absolute Gasteiger partial charge is 0.137 e. The van der Waals surface area contributed by atoms with Gasteiger partial charge in [0.1, 0.15) is 5.65 Å². The lowest BCUT2D eigenvalue weighted by Gasteiger charge is -1.91. The molecule has 3 heterocycles. The Hall–Kier alpha value is -1.81. The van der Waals surface area contributed by atoms with Crippen molar-refractivity contribution in [3.8, 4) is 11.3 Å². The predicted octanol–water partition coefficient (Wildman–Crippen LogP) is 2.70. The maximum absolute atomic E-state index is 5.94. The van der Waals surface area contributed by atoms with Crippen molar-refractivity contribution < 1.29 is 0 Å². The summed E-state index contributed by atoms with van der Waals surface area (Å²) in [7, 11) is 1.91. The molecule has 0 fully saturated rings. The van der Waals surface area contributed by atoms with Crippen LogP contribution in [0.3, 0.4) is 0 Å². The number of imidazole rings is 1. The molecule has 0 aliphatic carbocycles. The summed E-state index contributed by atoms with van der Waals surface area (Å²) in [4.78, 5) is 4.55. The summed E-state index contributed by atoms with van der Waals surface area (Å²) in [6.45, 7) is 1.98. The van der Waals surface area contributed by atoms with E-state index in [1.54, 1.807) is 4.68 Å². The van der Waals surface area contributed by atoms with E-state index in [0.29, 0.717) is 5.02 Å². The number of hydrogen-bond acceptors (Lipinski definition) is 2. The number of halogens is 1. The minimum Gasteiger partial charge on any atom is -0.305 e. The van der Waals surface area contributed by atoms with Crippen LogP contribution in [0, 0.1) is 6.92 Å². The van der Waals surface area contributed by atoms with Gasteiger partial charge in [-0.25, -0.2) is 4.98 Å². The van der Waals surface area contributed by atoms with Crippen LogP contribution in [0.5, 0.6) is 0 Å². The van der Waals surface area contributed by atoms with E-state index in [2.05, 4.69) is 10.1 Å². The summed E-state index contributed by atoms with van der Waals surface area (Å²) in [5, 5.41) is 5.02. The van der Waals surface area contributed by atoms with Gasteiger partial charge in [0.05, 0.1) is 16.4 Å². The van der Waals surface area contributed by atoms with Gasteiger partial charge in [-0.05, 0) is 19.1 Å². The molecule has 0 unspecified atom stereocenters. The zero-order valence-electron chi connectivity index (χ0n) is 9.55. The van der Waals surface area contributed by atoms with Crippen molar-refractivity contribution in [1.29, 1.82) is 0 Å². The molecule has 0 amide bonds. The minimum atomic E-state index is 0.698. The normalized spacial score (nSPS) is 11.2. The first-order valence-corrected chi connectivity index (χ1v) is 5.66. The molecule has 17 heavy (non-hydrogen) atoms. The van der Waals surface area contributed by atoms with Crippen LogP contribution >= 0.6 is 11.6 Å². The molecule has 3 aromatic heterocycles. The molecule has 0 atom stereocenters. The molecule has 0 radical (unpaired) electrons. The Kier molecular flexibility index (Phi) is 2.19. The van der Waals surface area contributed by atoms with Gasteiger partial charge in [0.15, 0.2) is 0 Å². The molecule has 0 aromatic carbocycles. The van der Waals surface area contributed by atoms with E-state index in [-0.39, 0.29) is 0 Å². The highest BCUT2D eigenvalue weighted by Crippen LogP contribution is 2.22. The average Bonchev–Trinajstić information content (AvgIpc) is 2.80. The molecule has 0 aliphatic heterocycles. The van der Waals surface area contributed by atoms with E-state index in [4.69, 9.17) is 11.6 Å². The SMILES string of the molecule is Cc1nn(C)cc1-c1cn2cc(Cl)ccc2n1. The maximum Gasteiger partial charge on any atom is 0.137 e. The number of pyridine rings is 1. The fraction of sp³-hybridized carbons (Fsp3) is 0.167. The number of nitrogens with zero attached hydrogens (tertiary/aromatic N) is 4. The van der Waals surface area contributed by atoms with Gasteiger partial charge in [-0.1, -0.05) is 11.6 Å². The Bertz CT molecular complexity index is 696. The van der Waals surface area contributed by atoms with Crippen molar-refractivity contribution in [3.63, 3.8) is 0 Å². The molecule has 4 nitrogen and oxygen atoms in total. The molecule has 0 N–H and O–H groups in total. The third kappa shape index (κ3) is 1.70. The fourth-order valence-electron chi connectivity index (χ4n) is 1.95. The molecule has 0 bridgehead atoms. The second kappa shape index (κ2) is 3.60. The summed E-state index contributed by atoms with van der Waals surface area (Å²) in [6, 6.07) is 3.74. The van der Waals surface area contributed by atoms with Gasteiger partial charge in [0.25, 0.3) is 0 Å². The van der Waals surface area contributed by atoms with Gasteiger partial charge < -0.3 is 4.40 Å². The van der Waals surface area contributed by atoms with Crippen LogP contribution in [0.2, 0.25) is 5.02 Å². The summed E-state index contributed by atoms with van der Waals surface area (Å²) in [5.41, 5.74) is 3.82. The molecule has 0 saturated carbocycles. The minimum absolute atomic E-state index is 0.698. The van der Waals surface area contributed by atoms with Crippen molar-refractivity contribution in [2.24, 2.45) is 7.05 Å². The molecule has 0 saturated heterocycles. The first-order chi connectivity index (χ1) is 8.13. The molecular weight excluding hydrogens is 236 g/mol. The topological polar surface area (TPSA) is 35.1 Å². The van der Waals surface area contributed by atoms with Crippen LogP contribution in [-0.4, -0.2) is 19.2 Å². The highest BCUT2D eigenvalue weighted by molar-refractivity contribution is 6.30. The van der Waals surface area contributed by atoms with Gasteiger partial charge in [-0.3, -0.25) is 4.68 Å². The van der Waals surface area contributed by atoms with Crippen LogP contribution in [0.25, 0.3) is 16.9 Å². The van der Waals surface area contributed by atoms with Crippen molar-refractivity contribution >= 4 is 17.2 Å². The van der Waals surface area contributed by atoms with Gasteiger partial charge in [0.2, 0.25) is 0 Å². The van der Waals surface area contributed by atoms with Gasteiger partial charge in [-0.15, -0.1) is 0 Å². The summed E-state index contributed by atoms with van der Waals surface area (Å²) >= 11 is 5.94. The Morgan fingerprint density at radius 3 is 2.71 bits per heavy atom.